The van der Waals surface area contributed by atoms with Crippen molar-refractivity contribution >= 4 is 6.03 Å². The van der Waals surface area contributed by atoms with Gasteiger partial charge in [0.15, 0.2) is 0 Å². The Morgan fingerprint density at radius 3 is 2.62 bits per heavy atom. The van der Waals surface area contributed by atoms with E-state index in [0.29, 0.717) is 6.54 Å². The first-order valence-corrected chi connectivity index (χ1v) is 5.71. The van der Waals surface area contributed by atoms with E-state index < -0.39 is 0 Å². The van der Waals surface area contributed by atoms with Crippen LogP contribution < -0.4 is 5.32 Å². The summed E-state index contributed by atoms with van der Waals surface area (Å²) in [5.74, 6) is 0. The van der Waals surface area contributed by atoms with Crippen LogP contribution in [0.4, 0.5) is 4.79 Å². The number of rotatable bonds is 0. The minimum absolute atomic E-state index is 0. The first-order valence-electron chi connectivity index (χ1n) is 5.71. The number of carbonyl (C=O) groups is 1. The molecule has 2 rings (SSSR count). The molecular formula is C13H22N2O. The molecular weight excluding hydrogens is 200 g/mol. The lowest BCUT2D eigenvalue weighted by atomic mass is 10.1. The molecule has 1 aliphatic heterocycles. The third-order valence-corrected chi connectivity index (χ3v) is 1.87. The van der Waals surface area contributed by atoms with Gasteiger partial charge >= 0.3 is 6.03 Å². The maximum Gasteiger partial charge on any atom is 0.322 e. The molecule has 0 aromatic heterocycles. The molecule has 0 atom stereocenters. The number of likely N-dealkylation sites (N-methyl/N-ethyl adjacent to an activating group) is 1. The molecule has 1 heterocycles. The number of nitrogens with zero attached hydrogens (tertiary/aromatic N) is 1. The summed E-state index contributed by atoms with van der Waals surface area (Å²) in [6.07, 6.45) is 3.73. The highest BCUT2D eigenvalue weighted by molar-refractivity contribution is 5.79. The zero-order chi connectivity index (χ0) is 12.6. The monoisotopic (exact) mass is 222 g/mol. The Kier molecular flexibility index (Phi) is 6.78. The normalized spacial score (nSPS) is 15.6. The van der Waals surface area contributed by atoms with Gasteiger partial charge in [-0.3, -0.25) is 0 Å². The second-order valence-corrected chi connectivity index (χ2v) is 2.79. The average molecular weight is 222 g/mol. The van der Waals surface area contributed by atoms with Crippen molar-refractivity contribution in [1.82, 2.24) is 10.2 Å². The van der Waals surface area contributed by atoms with Crippen LogP contribution in [0.25, 0.3) is 0 Å². The minimum atomic E-state index is -0.0849. The van der Waals surface area contributed by atoms with Gasteiger partial charge in [0.05, 0.1) is 5.70 Å². The van der Waals surface area contributed by atoms with Crippen LogP contribution in [-0.4, -0.2) is 24.5 Å². The topological polar surface area (TPSA) is 32.3 Å². The first kappa shape index (κ1) is 14.3. The van der Waals surface area contributed by atoms with Gasteiger partial charge < -0.3 is 10.2 Å². The number of urea groups is 1. The number of carbonyl (C=O) groups excluding carboxylic acids is 1. The molecule has 0 bridgehead atoms. The van der Waals surface area contributed by atoms with Gasteiger partial charge in [0.2, 0.25) is 0 Å². The van der Waals surface area contributed by atoms with Crippen molar-refractivity contribution in [2.45, 2.75) is 27.7 Å². The number of hydrogen-bond acceptors (Lipinski definition) is 1. The summed E-state index contributed by atoms with van der Waals surface area (Å²) >= 11 is 0. The van der Waals surface area contributed by atoms with Crippen molar-refractivity contribution in [2.75, 3.05) is 13.6 Å². The van der Waals surface area contributed by atoms with E-state index >= 15 is 0 Å². The molecule has 0 radical (unpaired) electrons. The lowest BCUT2D eigenvalue weighted by Crippen LogP contribution is -2.43. The fraction of sp³-hybridized carbons (Fsp3) is 0.462. The van der Waals surface area contributed by atoms with Crippen LogP contribution >= 0.6 is 0 Å². The highest BCUT2D eigenvalue weighted by Crippen LogP contribution is 2.14. The summed E-state index contributed by atoms with van der Waals surface area (Å²) in [6, 6.07) is -0.0849. The molecule has 16 heavy (non-hydrogen) atoms. The van der Waals surface area contributed by atoms with Crippen LogP contribution in [-0.2, 0) is 0 Å². The Hall–Kier alpha value is -1.69. The number of nitrogens with one attached hydrogen (secondary N) is 1. The second-order valence-electron chi connectivity index (χ2n) is 2.79. The number of amides is 2. The van der Waals surface area contributed by atoms with E-state index in [2.05, 4.69) is 16.8 Å². The number of allylic oxidation sites excluding steroid dienone is 2. The van der Waals surface area contributed by atoms with E-state index in [0.717, 1.165) is 11.3 Å². The zero-order valence-electron chi connectivity index (χ0n) is 10.7. The maximum absolute atomic E-state index is 11.1. The standard InChI is InChI=1S/C9H8N2O.2C2H6.H2/c1-11-6-7-4-2-3-5-8(7)10-9(11)12;2*1-2;/h2,4H,6H2,1H3,(H,10,12);2*1-2H3;1H. The van der Waals surface area contributed by atoms with Gasteiger partial charge in [0.1, 0.15) is 0 Å². The SMILES string of the molecule is CC.CC.CN1CC2=CC=C=C=C2NC1=O.[HH]. The summed E-state index contributed by atoms with van der Waals surface area (Å²) < 4.78 is 0. The summed E-state index contributed by atoms with van der Waals surface area (Å²) in [5.41, 5.74) is 7.48. The lowest BCUT2D eigenvalue weighted by Gasteiger charge is -2.26. The molecule has 1 saturated heterocycles. The van der Waals surface area contributed by atoms with E-state index in [1.165, 1.54) is 0 Å². The van der Waals surface area contributed by atoms with E-state index in [1.54, 1.807) is 18.0 Å². The largest absolute Gasteiger partial charge is 0.323 e. The predicted octanol–water partition coefficient (Wildman–Crippen LogP) is 3.07. The third-order valence-electron chi connectivity index (χ3n) is 1.87. The summed E-state index contributed by atoms with van der Waals surface area (Å²) in [4.78, 5) is 12.8. The Bertz CT molecular complexity index is 373. The van der Waals surface area contributed by atoms with Crippen LogP contribution in [0.1, 0.15) is 29.1 Å². The quantitative estimate of drug-likeness (QED) is 0.628. The molecule has 0 aromatic carbocycles. The molecule has 0 spiro atoms. The third kappa shape index (κ3) is 3.47. The van der Waals surface area contributed by atoms with Gasteiger partial charge in [-0.2, -0.15) is 0 Å². The molecule has 3 heteroatoms. The Labute approximate surface area is 99.3 Å². The number of fused-ring (bicyclic) bond motifs is 1. The summed E-state index contributed by atoms with van der Waals surface area (Å²) in [7, 11) is 1.76. The predicted molar refractivity (Wildman–Crippen MR) is 69.2 cm³/mol. The highest BCUT2D eigenvalue weighted by Gasteiger charge is 2.21. The molecule has 3 nitrogen and oxygen atoms in total. The van der Waals surface area contributed by atoms with E-state index in [9.17, 15) is 4.79 Å². The molecule has 1 N–H and O–H groups in total. The molecule has 1 fully saturated rings. The molecule has 2 amide bonds. The molecule has 0 unspecified atom stereocenters. The van der Waals surface area contributed by atoms with Crippen molar-refractivity contribution in [3.8, 4) is 0 Å². The molecule has 0 saturated carbocycles. The molecule has 0 aromatic rings. The van der Waals surface area contributed by atoms with Gasteiger partial charge in [0, 0.05) is 20.6 Å². The highest BCUT2D eigenvalue weighted by atomic mass is 16.2. The lowest BCUT2D eigenvalue weighted by molar-refractivity contribution is 0.211. The second kappa shape index (κ2) is 7.58. The Balaban J connectivity index is 0. The van der Waals surface area contributed by atoms with Crippen molar-refractivity contribution in [2.24, 2.45) is 0 Å². The van der Waals surface area contributed by atoms with Crippen LogP contribution in [0.5, 0.6) is 0 Å². The Morgan fingerprint density at radius 2 is 2.00 bits per heavy atom. The first-order chi connectivity index (χ1) is 7.77. The van der Waals surface area contributed by atoms with E-state index in [4.69, 9.17) is 0 Å². The van der Waals surface area contributed by atoms with Crippen molar-refractivity contribution in [3.63, 3.8) is 0 Å². The van der Waals surface area contributed by atoms with E-state index in [-0.39, 0.29) is 7.46 Å². The minimum Gasteiger partial charge on any atom is -0.323 e. The number of hydrogen-bond donors (Lipinski definition) is 1. The smallest absolute Gasteiger partial charge is 0.322 e. The van der Waals surface area contributed by atoms with Gasteiger partial charge in [-0.1, -0.05) is 33.4 Å². The zero-order valence-corrected chi connectivity index (χ0v) is 10.7. The van der Waals surface area contributed by atoms with Crippen molar-refractivity contribution in [1.29, 1.82) is 0 Å². The molecule has 90 valence electrons. The van der Waals surface area contributed by atoms with Crippen LogP contribution in [0, 0.1) is 0 Å². The van der Waals surface area contributed by atoms with Gasteiger partial charge in [-0.05, 0) is 17.9 Å². The fourth-order valence-electron chi connectivity index (χ4n) is 1.19. The maximum atomic E-state index is 11.1. The van der Waals surface area contributed by atoms with Crippen LogP contribution in [0.3, 0.4) is 0 Å². The summed E-state index contributed by atoms with van der Waals surface area (Å²) in [6.45, 7) is 8.65. The molecule has 1 aliphatic carbocycles. The van der Waals surface area contributed by atoms with Crippen LogP contribution in [0.2, 0.25) is 0 Å². The van der Waals surface area contributed by atoms with Gasteiger partial charge in [-0.25, -0.2) is 4.79 Å². The Morgan fingerprint density at radius 1 is 1.38 bits per heavy atom. The van der Waals surface area contributed by atoms with Crippen LogP contribution in [0.15, 0.2) is 34.9 Å². The van der Waals surface area contributed by atoms with Crippen molar-refractivity contribution in [3.05, 3.63) is 34.9 Å². The van der Waals surface area contributed by atoms with E-state index in [1.807, 2.05) is 33.8 Å². The van der Waals surface area contributed by atoms with Gasteiger partial charge in [-0.15, -0.1) is 0 Å². The summed E-state index contributed by atoms with van der Waals surface area (Å²) in [5, 5.41) is 2.71. The van der Waals surface area contributed by atoms with Crippen molar-refractivity contribution < 1.29 is 6.22 Å². The molecule has 2 aliphatic rings. The average Bonchev–Trinajstić information content (AvgIpc) is 2.36. The van der Waals surface area contributed by atoms with Gasteiger partial charge in [0.25, 0.3) is 0 Å². The fourth-order valence-corrected chi connectivity index (χ4v) is 1.19.